The molecule has 1 N–H and O–H groups in total. The minimum absolute atomic E-state index is 0.0609. The fourth-order valence-electron chi connectivity index (χ4n) is 3.48. The zero-order valence-electron chi connectivity index (χ0n) is 18.1. The lowest BCUT2D eigenvalue weighted by Crippen LogP contribution is -2.13. The molecule has 4 rings (SSSR count). The zero-order chi connectivity index (χ0) is 22.7. The molecule has 0 saturated carbocycles. The van der Waals surface area contributed by atoms with Crippen LogP contribution in [0.25, 0.3) is 10.6 Å². The summed E-state index contributed by atoms with van der Waals surface area (Å²) in [5.41, 5.74) is 4.14. The van der Waals surface area contributed by atoms with E-state index in [-0.39, 0.29) is 12.3 Å². The van der Waals surface area contributed by atoms with Crippen LogP contribution in [0.5, 0.6) is 5.75 Å². The predicted molar refractivity (Wildman–Crippen MR) is 123 cm³/mol. The molecule has 1 atom stereocenters. The normalized spacial score (nSPS) is 12.0. The summed E-state index contributed by atoms with van der Waals surface area (Å²) in [5, 5.41) is 14.4. The SMILES string of the molecule is Cc1ccc(-c2nc(C)c(COc3ccc([C@H](CC(=O)O)c4ncnn4C)cc3)s2)cc1. The van der Waals surface area contributed by atoms with Gasteiger partial charge in [-0.15, -0.1) is 11.3 Å². The Balaban J connectivity index is 1.46. The molecule has 0 spiro atoms. The largest absolute Gasteiger partial charge is 0.488 e. The second-order valence-corrected chi connectivity index (χ2v) is 8.73. The van der Waals surface area contributed by atoms with Crippen LogP contribution in [-0.4, -0.2) is 30.8 Å². The van der Waals surface area contributed by atoms with Crippen molar-refractivity contribution in [2.45, 2.75) is 32.8 Å². The highest BCUT2D eigenvalue weighted by molar-refractivity contribution is 7.15. The lowest BCUT2D eigenvalue weighted by molar-refractivity contribution is -0.137. The first-order chi connectivity index (χ1) is 15.4. The first-order valence-electron chi connectivity index (χ1n) is 10.2. The third kappa shape index (κ3) is 4.86. The van der Waals surface area contributed by atoms with Crippen molar-refractivity contribution in [3.63, 3.8) is 0 Å². The van der Waals surface area contributed by atoms with Crippen molar-refractivity contribution in [3.8, 4) is 16.3 Å². The number of aromatic nitrogens is 4. The summed E-state index contributed by atoms with van der Waals surface area (Å²) in [7, 11) is 1.76. The summed E-state index contributed by atoms with van der Waals surface area (Å²) >= 11 is 1.63. The van der Waals surface area contributed by atoms with Crippen molar-refractivity contribution in [2.24, 2.45) is 7.05 Å². The van der Waals surface area contributed by atoms with Crippen LogP contribution in [0.2, 0.25) is 0 Å². The molecule has 0 radical (unpaired) electrons. The number of hydrogen-bond acceptors (Lipinski definition) is 6. The molecular formula is C24H24N4O3S. The highest BCUT2D eigenvalue weighted by Gasteiger charge is 2.22. The number of ether oxygens (including phenoxy) is 1. The molecule has 0 amide bonds. The maximum Gasteiger partial charge on any atom is 0.304 e. The van der Waals surface area contributed by atoms with Gasteiger partial charge in [0.2, 0.25) is 0 Å². The molecule has 0 aliphatic rings. The van der Waals surface area contributed by atoms with Crippen LogP contribution in [0.4, 0.5) is 0 Å². The first kappa shape index (κ1) is 21.7. The van der Waals surface area contributed by atoms with Crippen LogP contribution in [0.3, 0.4) is 0 Å². The Morgan fingerprint density at radius 2 is 1.84 bits per heavy atom. The Morgan fingerprint density at radius 1 is 1.12 bits per heavy atom. The van der Waals surface area contributed by atoms with E-state index in [2.05, 4.69) is 41.3 Å². The Kier molecular flexibility index (Phi) is 6.32. The van der Waals surface area contributed by atoms with Gasteiger partial charge in [0.05, 0.1) is 22.9 Å². The molecular weight excluding hydrogens is 424 g/mol. The number of carboxylic acids is 1. The molecule has 0 saturated heterocycles. The van der Waals surface area contributed by atoms with E-state index in [4.69, 9.17) is 9.72 Å². The van der Waals surface area contributed by atoms with E-state index in [0.717, 1.165) is 26.7 Å². The van der Waals surface area contributed by atoms with Crippen LogP contribution in [0.15, 0.2) is 54.9 Å². The number of thiazole rings is 1. The van der Waals surface area contributed by atoms with Gasteiger partial charge < -0.3 is 9.84 Å². The Labute approximate surface area is 190 Å². The molecule has 0 aliphatic heterocycles. The second-order valence-electron chi connectivity index (χ2n) is 7.64. The summed E-state index contributed by atoms with van der Waals surface area (Å²) in [6.45, 7) is 4.49. The number of carboxylic acid groups (broad SMARTS) is 1. The highest BCUT2D eigenvalue weighted by Crippen LogP contribution is 2.30. The van der Waals surface area contributed by atoms with Gasteiger partial charge in [-0.3, -0.25) is 9.48 Å². The van der Waals surface area contributed by atoms with E-state index in [1.54, 1.807) is 23.1 Å². The molecule has 0 unspecified atom stereocenters. The van der Waals surface area contributed by atoms with E-state index in [9.17, 15) is 9.90 Å². The third-order valence-corrected chi connectivity index (χ3v) is 6.46. The molecule has 4 aromatic rings. The van der Waals surface area contributed by atoms with E-state index >= 15 is 0 Å². The average Bonchev–Trinajstić information content (AvgIpc) is 3.36. The fraction of sp³-hybridized carbons (Fsp3) is 0.250. The van der Waals surface area contributed by atoms with E-state index in [1.165, 1.54) is 11.9 Å². The molecule has 7 nitrogen and oxygen atoms in total. The standard InChI is InChI=1S/C24H24N4O3S/c1-15-4-6-18(7-5-15)24-27-16(2)21(32-24)13-31-19-10-8-17(9-11-19)20(12-22(29)30)23-25-14-26-28(23)3/h4-11,14,20H,12-13H2,1-3H3,(H,29,30)/t20-/m0/s1. The summed E-state index contributed by atoms with van der Waals surface area (Å²) < 4.78 is 7.60. The van der Waals surface area contributed by atoms with Crippen molar-refractivity contribution < 1.29 is 14.6 Å². The van der Waals surface area contributed by atoms with Crippen LogP contribution in [0, 0.1) is 13.8 Å². The summed E-state index contributed by atoms with van der Waals surface area (Å²) in [4.78, 5) is 21.4. The van der Waals surface area contributed by atoms with Crippen molar-refractivity contribution >= 4 is 17.3 Å². The lowest BCUT2D eigenvalue weighted by atomic mass is 9.95. The van der Waals surface area contributed by atoms with E-state index < -0.39 is 5.97 Å². The minimum Gasteiger partial charge on any atom is -0.488 e. The van der Waals surface area contributed by atoms with Gasteiger partial charge in [-0.05, 0) is 31.5 Å². The average molecular weight is 449 g/mol. The smallest absolute Gasteiger partial charge is 0.304 e. The van der Waals surface area contributed by atoms with Crippen LogP contribution >= 0.6 is 11.3 Å². The van der Waals surface area contributed by atoms with Gasteiger partial charge in [0.25, 0.3) is 0 Å². The molecule has 2 heterocycles. The number of benzene rings is 2. The second kappa shape index (κ2) is 9.32. The van der Waals surface area contributed by atoms with Gasteiger partial charge in [-0.1, -0.05) is 42.0 Å². The number of rotatable bonds is 8. The predicted octanol–water partition coefficient (Wildman–Crippen LogP) is 4.74. The van der Waals surface area contributed by atoms with Crippen molar-refractivity contribution in [1.82, 2.24) is 19.7 Å². The topological polar surface area (TPSA) is 90.1 Å². The molecule has 0 aliphatic carbocycles. The zero-order valence-corrected chi connectivity index (χ0v) is 19.0. The minimum atomic E-state index is -0.886. The fourth-order valence-corrected chi connectivity index (χ4v) is 4.46. The number of hydrogen-bond donors (Lipinski definition) is 1. The van der Waals surface area contributed by atoms with E-state index in [0.29, 0.717) is 18.2 Å². The van der Waals surface area contributed by atoms with Gasteiger partial charge in [0, 0.05) is 12.6 Å². The van der Waals surface area contributed by atoms with Crippen molar-refractivity contribution in [2.75, 3.05) is 0 Å². The number of nitrogens with zero attached hydrogens (tertiary/aromatic N) is 4. The van der Waals surface area contributed by atoms with Gasteiger partial charge in [-0.25, -0.2) is 9.97 Å². The molecule has 2 aromatic heterocycles. The molecule has 0 fully saturated rings. The maximum absolute atomic E-state index is 11.4. The molecule has 2 aromatic carbocycles. The van der Waals surface area contributed by atoms with Crippen LogP contribution in [-0.2, 0) is 18.4 Å². The van der Waals surface area contributed by atoms with Gasteiger partial charge in [0.1, 0.15) is 29.5 Å². The monoisotopic (exact) mass is 448 g/mol. The van der Waals surface area contributed by atoms with Gasteiger partial charge >= 0.3 is 5.97 Å². The first-order valence-corrected chi connectivity index (χ1v) is 11.0. The molecule has 164 valence electrons. The summed E-state index contributed by atoms with van der Waals surface area (Å²) in [6.07, 6.45) is 1.37. The summed E-state index contributed by atoms with van der Waals surface area (Å²) in [5.74, 6) is 0.0636. The summed E-state index contributed by atoms with van der Waals surface area (Å²) in [6, 6.07) is 15.8. The number of aryl methyl sites for hydroxylation is 3. The lowest BCUT2D eigenvalue weighted by Gasteiger charge is -2.15. The Morgan fingerprint density at radius 3 is 2.47 bits per heavy atom. The molecule has 8 heteroatoms. The van der Waals surface area contributed by atoms with E-state index in [1.807, 2.05) is 31.2 Å². The quantitative estimate of drug-likeness (QED) is 0.419. The van der Waals surface area contributed by atoms with Crippen molar-refractivity contribution in [3.05, 3.63) is 82.4 Å². The van der Waals surface area contributed by atoms with Gasteiger partial charge in [-0.2, -0.15) is 5.10 Å². The van der Waals surface area contributed by atoms with Crippen LogP contribution < -0.4 is 4.74 Å². The molecule has 0 bridgehead atoms. The number of aliphatic carboxylic acids is 1. The number of carbonyl (C=O) groups is 1. The highest BCUT2D eigenvalue weighted by atomic mass is 32.1. The van der Waals surface area contributed by atoms with Crippen molar-refractivity contribution in [1.29, 1.82) is 0 Å². The third-order valence-electron chi connectivity index (χ3n) is 5.28. The molecule has 32 heavy (non-hydrogen) atoms. The Hall–Kier alpha value is -3.52. The van der Waals surface area contributed by atoms with Gasteiger partial charge in [0.15, 0.2) is 0 Å². The Bertz CT molecular complexity index is 1210. The van der Waals surface area contributed by atoms with Crippen LogP contribution in [0.1, 0.15) is 39.9 Å². The maximum atomic E-state index is 11.4.